The maximum absolute atomic E-state index is 5.48. The van der Waals surface area contributed by atoms with Crippen molar-refractivity contribution in [2.24, 2.45) is 5.92 Å². The van der Waals surface area contributed by atoms with Gasteiger partial charge in [0.05, 0.1) is 0 Å². The Hall–Kier alpha value is -0.760. The molecule has 2 rings (SSSR count). The van der Waals surface area contributed by atoms with E-state index in [1.165, 1.54) is 31.2 Å². The van der Waals surface area contributed by atoms with Crippen molar-refractivity contribution in [3.8, 4) is 0 Å². The van der Waals surface area contributed by atoms with Crippen LogP contribution >= 0.6 is 0 Å². The smallest absolute Gasteiger partial charge is 0.105 e. The molecule has 2 heteroatoms. The second kappa shape index (κ2) is 4.84. The van der Waals surface area contributed by atoms with Crippen molar-refractivity contribution in [1.82, 2.24) is 5.32 Å². The van der Waals surface area contributed by atoms with Crippen LogP contribution in [0.15, 0.2) is 10.5 Å². The zero-order valence-corrected chi connectivity index (χ0v) is 9.81. The molecule has 0 saturated heterocycles. The first-order valence-corrected chi connectivity index (χ1v) is 6.02. The summed E-state index contributed by atoms with van der Waals surface area (Å²) in [6, 6.07) is 2.13. The number of nitrogens with one attached hydrogen (secondary N) is 1. The monoisotopic (exact) mass is 207 g/mol. The molecule has 0 atom stereocenters. The van der Waals surface area contributed by atoms with Gasteiger partial charge in [0, 0.05) is 12.1 Å². The lowest BCUT2D eigenvalue weighted by Gasteiger charge is -2.02. The van der Waals surface area contributed by atoms with Gasteiger partial charge in [0.25, 0.3) is 0 Å². The van der Waals surface area contributed by atoms with Crippen LogP contribution in [0.2, 0.25) is 0 Å². The SMILES string of the molecule is Cc1cc(CNCCCC2CC2)c(C)o1. The summed E-state index contributed by atoms with van der Waals surface area (Å²) < 4.78 is 5.48. The maximum atomic E-state index is 5.48. The van der Waals surface area contributed by atoms with Crippen LogP contribution in [0.4, 0.5) is 0 Å². The Morgan fingerprint density at radius 2 is 2.20 bits per heavy atom. The molecule has 1 aliphatic rings. The van der Waals surface area contributed by atoms with E-state index < -0.39 is 0 Å². The Morgan fingerprint density at radius 3 is 2.80 bits per heavy atom. The molecule has 1 aromatic heterocycles. The molecule has 1 fully saturated rings. The molecule has 1 aliphatic carbocycles. The van der Waals surface area contributed by atoms with Gasteiger partial charge in [-0.3, -0.25) is 0 Å². The normalized spacial score (nSPS) is 15.9. The third-order valence-corrected chi connectivity index (χ3v) is 3.12. The van der Waals surface area contributed by atoms with Gasteiger partial charge in [0.15, 0.2) is 0 Å². The number of hydrogen-bond acceptors (Lipinski definition) is 2. The lowest BCUT2D eigenvalue weighted by Crippen LogP contribution is -2.14. The third-order valence-electron chi connectivity index (χ3n) is 3.12. The van der Waals surface area contributed by atoms with Crippen LogP contribution in [-0.2, 0) is 6.54 Å². The van der Waals surface area contributed by atoms with Gasteiger partial charge in [-0.25, -0.2) is 0 Å². The molecule has 0 amide bonds. The van der Waals surface area contributed by atoms with Crippen molar-refractivity contribution in [3.63, 3.8) is 0 Å². The van der Waals surface area contributed by atoms with E-state index in [-0.39, 0.29) is 0 Å². The van der Waals surface area contributed by atoms with Crippen LogP contribution in [0.25, 0.3) is 0 Å². The molecule has 0 radical (unpaired) electrons. The fourth-order valence-corrected chi connectivity index (χ4v) is 2.00. The number of hydrogen-bond donors (Lipinski definition) is 1. The van der Waals surface area contributed by atoms with Gasteiger partial charge in [-0.1, -0.05) is 12.8 Å². The molecule has 0 unspecified atom stereocenters. The highest BCUT2D eigenvalue weighted by atomic mass is 16.3. The second-order valence-electron chi connectivity index (χ2n) is 4.70. The van der Waals surface area contributed by atoms with Gasteiger partial charge < -0.3 is 9.73 Å². The van der Waals surface area contributed by atoms with Crippen molar-refractivity contribution in [1.29, 1.82) is 0 Å². The van der Waals surface area contributed by atoms with Crippen LogP contribution < -0.4 is 5.32 Å². The topological polar surface area (TPSA) is 25.2 Å². The van der Waals surface area contributed by atoms with Crippen molar-refractivity contribution in [2.45, 2.75) is 46.1 Å². The second-order valence-corrected chi connectivity index (χ2v) is 4.70. The van der Waals surface area contributed by atoms with E-state index in [2.05, 4.69) is 11.4 Å². The Labute approximate surface area is 92.1 Å². The summed E-state index contributed by atoms with van der Waals surface area (Å²) >= 11 is 0. The average Bonchev–Trinajstić information content (AvgIpc) is 2.94. The molecule has 1 N–H and O–H groups in total. The van der Waals surface area contributed by atoms with Crippen molar-refractivity contribution < 1.29 is 4.42 Å². The average molecular weight is 207 g/mol. The molecule has 0 spiro atoms. The van der Waals surface area contributed by atoms with Gasteiger partial charge >= 0.3 is 0 Å². The van der Waals surface area contributed by atoms with E-state index in [9.17, 15) is 0 Å². The van der Waals surface area contributed by atoms with Crippen molar-refractivity contribution >= 4 is 0 Å². The summed E-state index contributed by atoms with van der Waals surface area (Å²) in [6.07, 6.45) is 5.68. The van der Waals surface area contributed by atoms with Crippen LogP contribution in [0.5, 0.6) is 0 Å². The zero-order valence-electron chi connectivity index (χ0n) is 9.81. The number of aryl methyl sites for hydroxylation is 2. The highest BCUT2D eigenvalue weighted by Crippen LogP contribution is 2.33. The molecule has 0 bridgehead atoms. The Bertz CT molecular complexity index is 312. The number of furan rings is 1. The molecule has 0 aliphatic heterocycles. The summed E-state index contributed by atoms with van der Waals surface area (Å²) in [5.41, 5.74) is 1.30. The predicted octanol–water partition coefficient (Wildman–Crippen LogP) is 3.18. The molecule has 1 saturated carbocycles. The lowest BCUT2D eigenvalue weighted by atomic mass is 10.2. The Balaban J connectivity index is 1.62. The van der Waals surface area contributed by atoms with E-state index in [4.69, 9.17) is 4.42 Å². The van der Waals surface area contributed by atoms with Gasteiger partial charge in [0.2, 0.25) is 0 Å². The van der Waals surface area contributed by atoms with Gasteiger partial charge in [-0.05, 0) is 45.2 Å². The van der Waals surface area contributed by atoms with Crippen LogP contribution in [0.1, 0.15) is 42.8 Å². The minimum atomic E-state index is 0.952. The maximum Gasteiger partial charge on any atom is 0.105 e. The minimum absolute atomic E-state index is 0.952. The molecular weight excluding hydrogens is 186 g/mol. The van der Waals surface area contributed by atoms with E-state index in [1.807, 2.05) is 13.8 Å². The molecular formula is C13H21NO. The Kier molecular flexibility index (Phi) is 3.47. The molecule has 84 valence electrons. The first-order chi connectivity index (χ1) is 7.25. The third kappa shape index (κ3) is 3.38. The fraction of sp³-hybridized carbons (Fsp3) is 0.692. The van der Waals surface area contributed by atoms with Gasteiger partial charge in [-0.2, -0.15) is 0 Å². The van der Waals surface area contributed by atoms with E-state index in [0.717, 1.165) is 30.5 Å². The summed E-state index contributed by atoms with van der Waals surface area (Å²) in [6.45, 7) is 6.13. The highest BCUT2D eigenvalue weighted by molar-refractivity contribution is 5.19. The minimum Gasteiger partial charge on any atom is -0.466 e. The van der Waals surface area contributed by atoms with E-state index in [1.54, 1.807) is 0 Å². The van der Waals surface area contributed by atoms with E-state index >= 15 is 0 Å². The number of rotatable bonds is 6. The van der Waals surface area contributed by atoms with E-state index in [0.29, 0.717) is 0 Å². The standard InChI is InChI=1S/C13H21NO/c1-10-8-13(11(2)15-10)9-14-7-3-4-12-5-6-12/h8,12,14H,3-7,9H2,1-2H3. The molecule has 15 heavy (non-hydrogen) atoms. The first-order valence-electron chi connectivity index (χ1n) is 6.02. The van der Waals surface area contributed by atoms with Crippen LogP contribution in [0.3, 0.4) is 0 Å². The van der Waals surface area contributed by atoms with Gasteiger partial charge in [-0.15, -0.1) is 0 Å². The van der Waals surface area contributed by atoms with Crippen LogP contribution in [0, 0.1) is 19.8 Å². The van der Waals surface area contributed by atoms with Crippen LogP contribution in [-0.4, -0.2) is 6.54 Å². The molecule has 2 nitrogen and oxygen atoms in total. The molecule has 1 aromatic rings. The first kappa shape index (κ1) is 10.7. The highest BCUT2D eigenvalue weighted by Gasteiger charge is 2.19. The zero-order chi connectivity index (χ0) is 10.7. The summed E-state index contributed by atoms with van der Waals surface area (Å²) in [7, 11) is 0. The lowest BCUT2D eigenvalue weighted by molar-refractivity contribution is 0.498. The van der Waals surface area contributed by atoms with Crippen molar-refractivity contribution in [3.05, 3.63) is 23.2 Å². The van der Waals surface area contributed by atoms with Gasteiger partial charge in [0.1, 0.15) is 11.5 Å². The van der Waals surface area contributed by atoms with Crippen molar-refractivity contribution in [2.75, 3.05) is 6.54 Å². The molecule has 0 aromatic carbocycles. The Morgan fingerprint density at radius 1 is 1.40 bits per heavy atom. The molecule has 1 heterocycles. The summed E-state index contributed by atoms with van der Waals surface area (Å²) in [5.74, 6) is 3.13. The summed E-state index contributed by atoms with van der Waals surface area (Å²) in [4.78, 5) is 0. The largest absolute Gasteiger partial charge is 0.466 e. The quantitative estimate of drug-likeness (QED) is 0.725. The summed E-state index contributed by atoms with van der Waals surface area (Å²) in [5, 5.41) is 3.48. The predicted molar refractivity (Wildman–Crippen MR) is 61.8 cm³/mol. The fourth-order valence-electron chi connectivity index (χ4n) is 2.00.